The topological polar surface area (TPSA) is 27.3 Å². The molecule has 3 saturated heterocycles. The van der Waals surface area contributed by atoms with Gasteiger partial charge in [0.05, 0.1) is 12.3 Å². The van der Waals surface area contributed by atoms with Gasteiger partial charge in [0.2, 0.25) is 0 Å². The molecule has 6 atom stereocenters. The SMILES string of the molecule is CCC1C(C(C)C)C2C3CCCNC3NC2N1CC. The van der Waals surface area contributed by atoms with E-state index in [-0.39, 0.29) is 0 Å². The maximum Gasteiger partial charge on any atom is 0.0647 e. The Bertz CT molecular complexity index is 317. The van der Waals surface area contributed by atoms with E-state index in [0.29, 0.717) is 12.3 Å². The highest BCUT2D eigenvalue weighted by molar-refractivity contribution is 5.08. The fraction of sp³-hybridized carbons (Fsp3) is 1.00. The molecule has 6 unspecified atom stereocenters. The summed E-state index contributed by atoms with van der Waals surface area (Å²) in [7, 11) is 0. The lowest BCUT2D eigenvalue weighted by Crippen LogP contribution is -2.52. The smallest absolute Gasteiger partial charge is 0.0647 e. The third-order valence-corrected chi connectivity index (χ3v) is 5.94. The Balaban J connectivity index is 1.90. The van der Waals surface area contributed by atoms with Crippen molar-refractivity contribution in [3.8, 4) is 0 Å². The van der Waals surface area contributed by atoms with Gasteiger partial charge in [0.1, 0.15) is 0 Å². The number of likely N-dealkylation sites (tertiary alicyclic amines) is 1. The standard InChI is InChI=1S/C16H31N3/c1-5-12-13(10(3)4)14-11-8-7-9-17-15(11)18-16(14)19(12)6-2/h10-18H,5-9H2,1-4H3. The van der Waals surface area contributed by atoms with Crippen LogP contribution in [0, 0.1) is 23.7 Å². The molecule has 0 saturated carbocycles. The Kier molecular flexibility index (Phi) is 3.89. The molecule has 0 bridgehead atoms. The molecule has 19 heavy (non-hydrogen) atoms. The average Bonchev–Trinajstić information content (AvgIpc) is 2.91. The van der Waals surface area contributed by atoms with Crippen LogP contribution >= 0.6 is 0 Å². The molecule has 0 aromatic heterocycles. The molecule has 0 radical (unpaired) electrons. The zero-order valence-corrected chi connectivity index (χ0v) is 13.0. The molecule has 3 heterocycles. The van der Waals surface area contributed by atoms with Crippen LogP contribution in [0.1, 0.15) is 47.0 Å². The Morgan fingerprint density at radius 3 is 2.68 bits per heavy atom. The van der Waals surface area contributed by atoms with Gasteiger partial charge in [-0.05, 0) is 56.0 Å². The summed E-state index contributed by atoms with van der Waals surface area (Å²) in [6, 6.07) is 0.787. The highest BCUT2D eigenvalue weighted by Crippen LogP contribution is 2.49. The van der Waals surface area contributed by atoms with Gasteiger partial charge in [0.15, 0.2) is 0 Å². The van der Waals surface area contributed by atoms with Crippen molar-refractivity contribution in [3.63, 3.8) is 0 Å². The predicted molar refractivity (Wildman–Crippen MR) is 79.7 cm³/mol. The fourth-order valence-corrected chi connectivity index (χ4v) is 5.36. The van der Waals surface area contributed by atoms with Crippen LogP contribution < -0.4 is 10.6 Å². The van der Waals surface area contributed by atoms with E-state index in [1.54, 1.807) is 0 Å². The van der Waals surface area contributed by atoms with Gasteiger partial charge in [-0.2, -0.15) is 0 Å². The molecule has 0 amide bonds. The van der Waals surface area contributed by atoms with Crippen molar-refractivity contribution in [2.24, 2.45) is 23.7 Å². The van der Waals surface area contributed by atoms with E-state index in [2.05, 4.69) is 43.2 Å². The minimum absolute atomic E-state index is 0.580. The molecular weight excluding hydrogens is 234 g/mol. The molecular formula is C16H31N3. The summed E-state index contributed by atoms with van der Waals surface area (Å²) >= 11 is 0. The summed E-state index contributed by atoms with van der Waals surface area (Å²) in [5.41, 5.74) is 0. The van der Waals surface area contributed by atoms with E-state index in [1.165, 1.54) is 32.4 Å². The van der Waals surface area contributed by atoms with Crippen LogP contribution in [0.4, 0.5) is 0 Å². The zero-order chi connectivity index (χ0) is 13.6. The van der Waals surface area contributed by atoms with Crippen LogP contribution in [0.15, 0.2) is 0 Å². The molecule has 3 nitrogen and oxygen atoms in total. The number of piperidine rings is 1. The van der Waals surface area contributed by atoms with Crippen LogP contribution in [0.3, 0.4) is 0 Å². The average molecular weight is 265 g/mol. The van der Waals surface area contributed by atoms with Gasteiger partial charge < -0.3 is 5.32 Å². The van der Waals surface area contributed by atoms with Gasteiger partial charge in [-0.15, -0.1) is 0 Å². The second-order valence-electron chi connectivity index (χ2n) is 7.05. The summed E-state index contributed by atoms with van der Waals surface area (Å²) < 4.78 is 0. The van der Waals surface area contributed by atoms with Crippen molar-refractivity contribution < 1.29 is 0 Å². The first-order chi connectivity index (χ1) is 9.19. The van der Waals surface area contributed by atoms with Crippen LogP contribution in [0.25, 0.3) is 0 Å². The summed E-state index contributed by atoms with van der Waals surface area (Å²) in [5.74, 6) is 3.40. The first-order valence-electron chi connectivity index (χ1n) is 8.44. The molecule has 0 aromatic rings. The first-order valence-corrected chi connectivity index (χ1v) is 8.44. The van der Waals surface area contributed by atoms with Crippen molar-refractivity contribution in [1.29, 1.82) is 0 Å². The third kappa shape index (κ3) is 2.05. The van der Waals surface area contributed by atoms with Gasteiger partial charge >= 0.3 is 0 Å². The van der Waals surface area contributed by atoms with Crippen LogP contribution in [-0.2, 0) is 0 Å². The molecule has 3 rings (SSSR count). The van der Waals surface area contributed by atoms with Crippen molar-refractivity contribution in [2.45, 2.75) is 65.3 Å². The largest absolute Gasteiger partial charge is 0.302 e. The second kappa shape index (κ2) is 5.34. The van der Waals surface area contributed by atoms with E-state index in [0.717, 1.165) is 29.7 Å². The molecule has 3 aliphatic rings. The molecule has 3 aliphatic heterocycles. The second-order valence-corrected chi connectivity index (χ2v) is 7.05. The summed E-state index contributed by atoms with van der Waals surface area (Å²) in [6.07, 6.45) is 5.29. The fourth-order valence-electron chi connectivity index (χ4n) is 5.36. The lowest BCUT2D eigenvalue weighted by atomic mass is 9.73. The van der Waals surface area contributed by atoms with E-state index in [1.807, 2.05) is 0 Å². The third-order valence-electron chi connectivity index (χ3n) is 5.94. The number of rotatable bonds is 3. The Labute approximate surface area is 118 Å². The molecule has 3 fully saturated rings. The molecule has 2 N–H and O–H groups in total. The van der Waals surface area contributed by atoms with Crippen molar-refractivity contribution in [1.82, 2.24) is 15.5 Å². The summed E-state index contributed by atoms with van der Waals surface area (Å²) in [6.45, 7) is 12.0. The maximum atomic E-state index is 3.92. The van der Waals surface area contributed by atoms with E-state index in [9.17, 15) is 0 Å². The monoisotopic (exact) mass is 265 g/mol. The quantitative estimate of drug-likeness (QED) is 0.819. The van der Waals surface area contributed by atoms with Crippen molar-refractivity contribution >= 4 is 0 Å². The number of fused-ring (bicyclic) bond motifs is 3. The zero-order valence-electron chi connectivity index (χ0n) is 13.0. The molecule has 0 aromatic carbocycles. The van der Waals surface area contributed by atoms with Gasteiger partial charge in [-0.25, -0.2) is 0 Å². The molecule has 3 heteroatoms. The molecule has 0 spiro atoms. The minimum atomic E-state index is 0.580. The van der Waals surface area contributed by atoms with Crippen LogP contribution in [0.5, 0.6) is 0 Å². The molecule has 110 valence electrons. The lowest BCUT2D eigenvalue weighted by Gasteiger charge is -2.36. The maximum absolute atomic E-state index is 3.92. The number of nitrogens with zero attached hydrogens (tertiary/aromatic N) is 1. The van der Waals surface area contributed by atoms with Crippen LogP contribution in [-0.4, -0.2) is 36.4 Å². The molecule has 0 aliphatic carbocycles. The van der Waals surface area contributed by atoms with E-state index < -0.39 is 0 Å². The summed E-state index contributed by atoms with van der Waals surface area (Å²) in [4.78, 5) is 2.76. The van der Waals surface area contributed by atoms with Gasteiger partial charge in [-0.3, -0.25) is 10.2 Å². The van der Waals surface area contributed by atoms with Gasteiger partial charge in [-0.1, -0.05) is 27.7 Å². The lowest BCUT2D eigenvalue weighted by molar-refractivity contribution is 0.132. The van der Waals surface area contributed by atoms with Crippen LogP contribution in [0.2, 0.25) is 0 Å². The Morgan fingerprint density at radius 1 is 1.26 bits per heavy atom. The van der Waals surface area contributed by atoms with Crippen molar-refractivity contribution in [2.75, 3.05) is 13.1 Å². The predicted octanol–water partition coefficient (Wildman–Crippen LogP) is 2.24. The normalized spacial score (nSPS) is 46.6. The number of hydrogen-bond donors (Lipinski definition) is 2. The van der Waals surface area contributed by atoms with Gasteiger partial charge in [0.25, 0.3) is 0 Å². The van der Waals surface area contributed by atoms with E-state index >= 15 is 0 Å². The minimum Gasteiger partial charge on any atom is -0.302 e. The van der Waals surface area contributed by atoms with E-state index in [4.69, 9.17) is 0 Å². The Hall–Kier alpha value is -0.120. The number of nitrogens with one attached hydrogen (secondary N) is 2. The highest BCUT2D eigenvalue weighted by Gasteiger charge is 2.57. The Morgan fingerprint density at radius 2 is 2.05 bits per heavy atom. The summed E-state index contributed by atoms with van der Waals surface area (Å²) in [5, 5.41) is 7.63. The number of hydrogen-bond acceptors (Lipinski definition) is 3. The highest BCUT2D eigenvalue weighted by atomic mass is 15.4. The van der Waals surface area contributed by atoms with Gasteiger partial charge in [0, 0.05) is 6.04 Å². The van der Waals surface area contributed by atoms with Crippen molar-refractivity contribution in [3.05, 3.63) is 0 Å². The first kappa shape index (κ1) is 13.8.